The van der Waals surface area contributed by atoms with E-state index in [4.69, 9.17) is 5.73 Å². The van der Waals surface area contributed by atoms with Crippen LogP contribution in [-0.4, -0.2) is 43.0 Å². The predicted molar refractivity (Wildman–Crippen MR) is 68.5 cm³/mol. The summed E-state index contributed by atoms with van der Waals surface area (Å²) in [4.78, 5) is 13.6. The Kier molecular flexibility index (Phi) is 4.40. The summed E-state index contributed by atoms with van der Waals surface area (Å²) in [5.74, 6) is 0.664. The van der Waals surface area contributed by atoms with Gasteiger partial charge in [0.1, 0.15) is 0 Å². The highest BCUT2D eigenvalue weighted by Crippen LogP contribution is 2.30. The Bertz CT molecular complexity index is 259. The van der Waals surface area contributed by atoms with Gasteiger partial charge in [-0.05, 0) is 38.1 Å². The van der Waals surface area contributed by atoms with Crippen LogP contribution in [0.4, 0.5) is 0 Å². The Balaban J connectivity index is 1.80. The SMILES string of the molecule is CC(CN(CC1CC1)CC1CCCN1)C(N)=O. The van der Waals surface area contributed by atoms with Gasteiger partial charge in [0, 0.05) is 31.6 Å². The first-order valence-electron chi connectivity index (χ1n) is 6.90. The van der Waals surface area contributed by atoms with Crippen LogP contribution in [0.15, 0.2) is 0 Å². The topological polar surface area (TPSA) is 58.4 Å². The van der Waals surface area contributed by atoms with Crippen molar-refractivity contribution >= 4 is 5.91 Å². The number of nitrogens with two attached hydrogens (primary N) is 1. The van der Waals surface area contributed by atoms with E-state index in [0.717, 1.165) is 32.1 Å². The molecule has 4 nitrogen and oxygen atoms in total. The molecule has 0 spiro atoms. The molecule has 0 aromatic carbocycles. The highest BCUT2D eigenvalue weighted by molar-refractivity contribution is 5.76. The lowest BCUT2D eigenvalue weighted by Gasteiger charge is -2.27. The number of nitrogens with zero attached hydrogens (tertiary/aromatic N) is 1. The van der Waals surface area contributed by atoms with E-state index in [1.807, 2.05) is 6.92 Å². The van der Waals surface area contributed by atoms with E-state index in [1.54, 1.807) is 0 Å². The average molecular weight is 239 g/mol. The van der Waals surface area contributed by atoms with Crippen molar-refractivity contribution in [2.75, 3.05) is 26.2 Å². The number of carbonyl (C=O) groups is 1. The molecule has 2 fully saturated rings. The highest BCUT2D eigenvalue weighted by atomic mass is 16.1. The molecule has 0 radical (unpaired) electrons. The summed E-state index contributed by atoms with van der Waals surface area (Å²) >= 11 is 0. The molecule has 1 amide bonds. The predicted octanol–water partition coefficient (Wildman–Crippen LogP) is 0.572. The molecular formula is C13H25N3O. The van der Waals surface area contributed by atoms with Crippen LogP contribution >= 0.6 is 0 Å². The lowest BCUT2D eigenvalue weighted by molar-refractivity contribution is -0.121. The average Bonchev–Trinajstić information content (AvgIpc) is 2.92. The molecule has 0 aromatic heterocycles. The minimum Gasteiger partial charge on any atom is -0.369 e. The first-order valence-corrected chi connectivity index (χ1v) is 6.90. The van der Waals surface area contributed by atoms with Crippen molar-refractivity contribution in [3.63, 3.8) is 0 Å². The normalized spacial score (nSPS) is 26.4. The third-order valence-electron chi connectivity index (χ3n) is 3.87. The van der Waals surface area contributed by atoms with Gasteiger partial charge in [-0.2, -0.15) is 0 Å². The monoisotopic (exact) mass is 239 g/mol. The molecule has 1 aliphatic heterocycles. The fourth-order valence-electron chi connectivity index (χ4n) is 2.59. The van der Waals surface area contributed by atoms with E-state index < -0.39 is 0 Å². The lowest BCUT2D eigenvalue weighted by Crippen LogP contribution is -2.42. The van der Waals surface area contributed by atoms with Gasteiger partial charge < -0.3 is 16.0 Å². The van der Waals surface area contributed by atoms with Crippen molar-refractivity contribution in [3.8, 4) is 0 Å². The van der Waals surface area contributed by atoms with Gasteiger partial charge in [0.2, 0.25) is 5.91 Å². The summed E-state index contributed by atoms with van der Waals surface area (Å²) in [5, 5.41) is 3.53. The largest absolute Gasteiger partial charge is 0.369 e. The molecule has 2 aliphatic rings. The summed E-state index contributed by atoms with van der Waals surface area (Å²) < 4.78 is 0. The summed E-state index contributed by atoms with van der Waals surface area (Å²) in [6.45, 7) is 6.13. The standard InChI is InChI=1S/C13H25N3O/c1-10(13(14)17)7-16(8-11-4-5-11)9-12-3-2-6-15-12/h10-12,15H,2-9H2,1H3,(H2,14,17). The molecular weight excluding hydrogens is 214 g/mol. The molecule has 1 heterocycles. The van der Waals surface area contributed by atoms with E-state index in [1.165, 1.54) is 25.7 Å². The van der Waals surface area contributed by atoms with Crippen LogP contribution in [0, 0.1) is 11.8 Å². The fraction of sp³-hybridized carbons (Fsp3) is 0.923. The second-order valence-corrected chi connectivity index (χ2v) is 5.76. The van der Waals surface area contributed by atoms with E-state index in [0.29, 0.717) is 6.04 Å². The molecule has 0 aromatic rings. The van der Waals surface area contributed by atoms with Gasteiger partial charge in [0.05, 0.1) is 0 Å². The zero-order valence-electron chi connectivity index (χ0n) is 10.8. The quantitative estimate of drug-likeness (QED) is 0.683. The zero-order chi connectivity index (χ0) is 12.3. The van der Waals surface area contributed by atoms with Crippen molar-refractivity contribution < 1.29 is 4.79 Å². The molecule has 17 heavy (non-hydrogen) atoms. The van der Waals surface area contributed by atoms with Crippen LogP contribution in [0.2, 0.25) is 0 Å². The minimum absolute atomic E-state index is 0.0323. The molecule has 0 bridgehead atoms. The van der Waals surface area contributed by atoms with Crippen molar-refractivity contribution in [1.29, 1.82) is 0 Å². The maximum Gasteiger partial charge on any atom is 0.221 e. The van der Waals surface area contributed by atoms with Gasteiger partial charge in [-0.25, -0.2) is 0 Å². The molecule has 2 rings (SSSR count). The Labute approximate surface area is 104 Å². The molecule has 1 saturated heterocycles. The number of primary amides is 1. The van der Waals surface area contributed by atoms with Gasteiger partial charge in [0.15, 0.2) is 0 Å². The fourth-order valence-corrected chi connectivity index (χ4v) is 2.59. The molecule has 98 valence electrons. The Morgan fingerprint density at radius 1 is 1.41 bits per heavy atom. The van der Waals surface area contributed by atoms with Gasteiger partial charge in [-0.1, -0.05) is 6.92 Å². The van der Waals surface area contributed by atoms with Gasteiger partial charge in [0.25, 0.3) is 0 Å². The highest BCUT2D eigenvalue weighted by Gasteiger charge is 2.27. The van der Waals surface area contributed by atoms with Crippen LogP contribution in [0.25, 0.3) is 0 Å². The third kappa shape index (κ3) is 4.28. The van der Waals surface area contributed by atoms with Crippen molar-refractivity contribution in [1.82, 2.24) is 10.2 Å². The van der Waals surface area contributed by atoms with Gasteiger partial charge in [-0.15, -0.1) is 0 Å². The van der Waals surface area contributed by atoms with Crippen molar-refractivity contribution in [2.45, 2.75) is 38.6 Å². The van der Waals surface area contributed by atoms with E-state index in [-0.39, 0.29) is 11.8 Å². The second-order valence-electron chi connectivity index (χ2n) is 5.76. The van der Waals surface area contributed by atoms with Crippen LogP contribution in [0.5, 0.6) is 0 Å². The molecule has 1 saturated carbocycles. The Morgan fingerprint density at radius 2 is 2.18 bits per heavy atom. The molecule has 2 atom stereocenters. The zero-order valence-corrected chi connectivity index (χ0v) is 10.8. The van der Waals surface area contributed by atoms with Crippen LogP contribution < -0.4 is 11.1 Å². The number of hydrogen-bond acceptors (Lipinski definition) is 3. The number of hydrogen-bond donors (Lipinski definition) is 2. The third-order valence-corrected chi connectivity index (χ3v) is 3.87. The maximum absolute atomic E-state index is 11.2. The summed E-state index contributed by atoms with van der Waals surface area (Å²) in [5.41, 5.74) is 5.36. The first-order chi connectivity index (χ1) is 8.15. The molecule has 4 heteroatoms. The smallest absolute Gasteiger partial charge is 0.221 e. The molecule has 3 N–H and O–H groups in total. The van der Waals surface area contributed by atoms with Crippen LogP contribution in [0.3, 0.4) is 0 Å². The first kappa shape index (κ1) is 12.8. The number of amides is 1. The minimum atomic E-state index is -0.176. The van der Waals surface area contributed by atoms with Crippen molar-refractivity contribution in [3.05, 3.63) is 0 Å². The number of nitrogens with one attached hydrogen (secondary N) is 1. The number of rotatable bonds is 7. The van der Waals surface area contributed by atoms with E-state index in [9.17, 15) is 4.79 Å². The summed E-state index contributed by atoms with van der Waals surface area (Å²) in [6, 6.07) is 0.619. The second kappa shape index (κ2) is 5.83. The summed E-state index contributed by atoms with van der Waals surface area (Å²) in [6.07, 6.45) is 5.28. The Hall–Kier alpha value is -0.610. The van der Waals surface area contributed by atoms with E-state index in [2.05, 4.69) is 10.2 Å². The Morgan fingerprint density at radius 3 is 2.71 bits per heavy atom. The summed E-state index contributed by atoms with van der Waals surface area (Å²) in [7, 11) is 0. The van der Waals surface area contributed by atoms with Crippen LogP contribution in [-0.2, 0) is 4.79 Å². The van der Waals surface area contributed by atoms with Gasteiger partial charge in [-0.3, -0.25) is 4.79 Å². The van der Waals surface area contributed by atoms with Gasteiger partial charge >= 0.3 is 0 Å². The molecule has 2 unspecified atom stereocenters. The van der Waals surface area contributed by atoms with Crippen molar-refractivity contribution in [2.24, 2.45) is 17.6 Å². The van der Waals surface area contributed by atoms with E-state index >= 15 is 0 Å². The lowest BCUT2D eigenvalue weighted by atomic mass is 10.1. The van der Waals surface area contributed by atoms with Crippen LogP contribution in [0.1, 0.15) is 32.6 Å². The number of carbonyl (C=O) groups excluding carboxylic acids is 1. The maximum atomic E-state index is 11.2. The molecule has 1 aliphatic carbocycles.